The van der Waals surface area contributed by atoms with Crippen LogP contribution in [0, 0.1) is 0 Å². The molecule has 0 bridgehead atoms. The number of aromatic hydroxyl groups is 5. The second kappa shape index (κ2) is 10.8. The molecule has 3 aromatic rings. The highest BCUT2D eigenvalue weighted by Gasteiger charge is 2.50. The molecular weight excluding hydrogens is 584 g/mol. The minimum absolute atomic E-state index is 0.104. The van der Waals surface area contributed by atoms with Crippen molar-refractivity contribution in [2.75, 3.05) is 0 Å². The minimum Gasteiger partial charge on any atom is -0.507 e. The standard InChI is InChI=1S/C30H28O14/c1-10-23(37)25(39)26(40)30(41-10)44-29-24(38)22-18(35)9-19-21(28(22)43-27(29)12-3-5-15(32)17(34)7-12)13(8-20(36)42-19)11-2-4-14(31)16(33)6-11/h2-7,9-10,13,23,25-27,29-35,37,39-40H,8H2,1H3/t10-,13?,23-,25+,26+,27+,29-,30-/m0/s1. The number of carbonyl (C=O) groups excluding carboxylic acids is 2. The van der Waals surface area contributed by atoms with Gasteiger partial charge in [0.05, 0.1) is 12.5 Å². The zero-order chi connectivity index (χ0) is 31.6. The van der Waals surface area contributed by atoms with E-state index in [2.05, 4.69) is 0 Å². The number of aliphatic hydroxyl groups excluding tert-OH is 3. The maximum absolute atomic E-state index is 14.2. The molecule has 0 spiro atoms. The molecule has 0 aliphatic carbocycles. The van der Waals surface area contributed by atoms with Crippen LogP contribution in [0.15, 0.2) is 42.5 Å². The minimum atomic E-state index is -1.80. The predicted molar refractivity (Wildman–Crippen MR) is 145 cm³/mol. The molecule has 1 saturated heterocycles. The number of carbonyl (C=O) groups is 2. The molecule has 14 nitrogen and oxygen atoms in total. The van der Waals surface area contributed by atoms with Crippen LogP contribution >= 0.6 is 0 Å². The van der Waals surface area contributed by atoms with Gasteiger partial charge in [-0.15, -0.1) is 0 Å². The van der Waals surface area contributed by atoms with Gasteiger partial charge in [-0.1, -0.05) is 12.1 Å². The summed E-state index contributed by atoms with van der Waals surface area (Å²) < 4.78 is 23.1. The summed E-state index contributed by atoms with van der Waals surface area (Å²) in [7, 11) is 0. The molecule has 14 heteroatoms. The summed E-state index contributed by atoms with van der Waals surface area (Å²) in [6.45, 7) is 1.42. The number of rotatable bonds is 4. The monoisotopic (exact) mass is 612 g/mol. The fourth-order valence-corrected chi connectivity index (χ4v) is 5.72. The molecule has 3 aliphatic heterocycles. The molecule has 232 valence electrons. The first-order valence-corrected chi connectivity index (χ1v) is 13.6. The van der Waals surface area contributed by atoms with Crippen LogP contribution in [-0.4, -0.2) is 89.4 Å². The second-order valence-corrected chi connectivity index (χ2v) is 10.9. The molecule has 44 heavy (non-hydrogen) atoms. The van der Waals surface area contributed by atoms with Crippen molar-refractivity contribution in [1.82, 2.24) is 0 Å². The van der Waals surface area contributed by atoms with Crippen LogP contribution in [0.4, 0.5) is 0 Å². The van der Waals surface area contributed by atoms with Crippen LogP contribution in [-0.2, 0) is 14.3 Å². The van der Waals surface area contributed by atoms with Gasteiger partial charge in [0.25, 0.3) is 0 Å². The summed E-state index contributed by atoms with van der Waals surface area (Å²) in [5, 5.41) is 82.1. The number of hydrogen-bond acceptors (Lipinski definition) is 14. The zero-order valence-electron chi connectivity index (χ0n) is 22.9. The molecular formula is C30H28O14. The average Bonchev–Trinajstić information content (AvgIpc) is 2.97. The molecule has 0 amide bonds. The molecule has 0 radical (unpaired) electrons. The first kappa shape index (κ1) is 29.5. The van der Waals surface area contributed by atoms with E-state index in [1.807, 2.05) is 0 Å². The number of ketones is 1. The van der Waals surface area contributed by atoms with Crippen LogP contribution in [0.1, 0.15) is 52.4 Å². The predicted octanol–water partition coefficient (Wildman–Crippen LogP) is 1.18. The summed E-state index contributed by atoms with van der Waals surface area (Å²) >= 11 is 0. The van der Waals surface area contributed by atoms with Crippen molar-refractivity contribution in [2.45, 2.75) is 62.2 Å². The Balaban J connectivity index is 1.50. The number of hydrogen-bond donors (Lipinski definition) is 8. The van der Waals surface area contributed by atoms with E-state index >= 15 is 0 Å². The highest BCUT2D eigenvalue weighted by atomic mass is 16.7. The lowest BCUT2D eigenvalue weighted by Crippen LogP contribution is -2.59. The second-order valence-electron chi connectivity index (χ2n) is 10.9. The lowest BCUT2D eigenvalue weighted by atomic mass is 9.82. The zero-order valence-corrected chi connectivity index (χ0v) is 22.9. The lowest BCUT2D eigenvalue weighted by Gasteiger charge is -2.42. The summed E-state index contributed by atoms with van der Waals surface area (Å²) in [5.41, 5.74) is 0.229. The van der Waals surface area contributed by atoms with Gasteiger partial charge >= 0.3 is 5.97 Å². The molecule has 8 atom stereocenters. The number of phenolic OH excluding ortho intramolecular Hbond substituents is 5. The number of benzene rings is 3. The smallest absolute Gasteiger partial charge is 0.312 e. The third kappa shape index (κ3) is 4.82. The Hall–Kier alpha value is -4.60. The van der Waals surface area contributed by atoms with Gasteiger partial charge in [0.1, 0.15) is 41.1 Å². The van der Waals surface area contributed by atoms with Gasteiger partial charge in [-0.25, -0.2) is 0 Å². The van der Waals surface area contributed by atoms with Gasteiger partial charge in [0, 0.05) is 17.5 Å². The normalized spacial score (nSPS) is 29.7. The van der Waals surface area contributed by atoms with E-state index < -0.39 is 89.3 Å². The van der Waals surface area contributed by atoms with Crippen LogP contribution < -0.4 is 9.47 Å². The van der Waals surface area contributed by atoms with E-state index in [1.165, 1.54) is 31.2 Å². The highest BCUT2D eigenvalue weighted by Crippen LogP contribution is 2.53. The summed E-state index contributed by atoms with van der Waals surface area (Å²) in [5.74, 6) is -5.33. The molecule has 1 fully saturated rings. The molecule has 3 heterocycles. The van der Waals surface area contributed by atoms with E-state index in [0.717, 1.165) is 18.2 Å². The van der Waals surface area contributed by atoms with Crippen LogP contribution in [0.2, 0.25) is 0 Å². The number of esters is 1. The van der Waals surface area contributed by atoms with Crippen molar-refractivity contribution in [3.05, 3.63) is 64.7 Å². The quantitative estimate of drug-likeness (QED) is 0.117. The SMILES string of the molecule is C[C@@H]1O[C@@H](O[C@H]2C(=O)c3c(O)cc4c(c3O[C@@H]2c2ccc(O)c(O)c2)C(c2ccc(O)c(O)c2)CC(=O)O4)[C@H](O)[C@H](O)[C@H]1O. The van der Waals surface area contributed by atoms with E-state index in [0.29, 0.717) is 5.56 Å². The van der Waals surface area contributed by atoms with Crippen LogP contribution in [0.25, 0.3) is 0 Å². The van der Waals surface area contributed by atoms with E-state index in [9.17, 15) is 50.4 Å². The van der Waals surface area contributed by atoms with Crippen molar-refractivity contribution < 1.29 is 69.4 Å². The fourth-order valence-electron chi connectivity index (χ4n) is 5.72. The van der Waals surface area contributed by atoms with Gasteiger partial charge in [0.2, 0.25) is 5.78 Å². The van der Waals surface area contributed by atoms with Crippen molar-refractivity contribution >= 4 is 11.8 Å². The van der Waals surface area contributed by atoms with Gasteiger partial charge < -0.3 is 59.8 Å². The Bertz CT molecular complexity index is 1650. The van der Waals surface area contributed by atoms with Gasteiger partial charge in [0.15, 0.2) is 41.5 Å². The Morgan fingerprint density at radius 3 is 2.07 bits per heavy atom. The Morgan fingerprint density at radius 2 is 1.41 bits per heavy atom. The van der Waals surface area contributed by atoms with Crippen LogP contribution in [0.5, 0.6) is 40.2 Å². The topological polar surface area (TPSA) is 233 Å². The maximum Gasteiger partial charge on any atom is 0.312 e. The number of ether oxygens (including phenoxy) is 4. The number of fused-ring (bicyclic) bond motifs is 3. The molecule has 0 saturated carbocycles. The van der Waals surface area contributed by atoms with E-state index in [-0.39, 0.29) is 34.6 Å². The van der Waals surface area contributed by atoms with Crippen molar-refractivity contribution in [3.63, 3.8) is 0 Å². The number of aliphatic hydroxyl groups is 3. The molecule has 8 N–H and O–H groups in total. The summed E-state index contributed by atoms with van der Waals surface area (Å²) in [6, 6.07) is 8.54. The molecule has 6 rings (SSSR count). The van der Waals surface area contributed by atoms with Gasteiger partial charge in [-0.05, 0) is 42.3 Å². The van der Waals surface area contributed by atoms with E-state index in [4.69, 9.17) is 18.9 Å². The van der Waals surface area contributed by atoms with Crippen molar-refractivity contribution in [3.8, 4) is 40.2 Å². The summed E-state index contributed by atoms with van der Waals surface area (Å²) in [6.07, 6.45) is -11.0. The Morgan fingerprint density at radius 1 is 0.773 bits per heavy atom. The summed E-state index contributed by atoms with van der Waals surface area (Å²) in [4.78, 5) is 26.7. The third-order valence-electron chi connectivity index (χ3n) is 8.05. The lowest BCUT2D eigenvalue weighted by molar-refractivity contribution is -0.304. The van der Waals surface area contributed by atoms with Crippen LogP contribution in [0.3, 0.4) is 0 Å². The largest absolute Gasteiger partial charge is 0.507 e. The fraction of sp³-hybridized carbons (Fsp3) is 0.333. The Labute approximate surface area is 248 Å². The number of phenols is 5. The number of Topliss-reactive ketones (excluding diaryl/α,β-unsaturated/α-hetero) is 1. The van der Waals surface area contributed by atoms with Gasteiger partial charge in [-0.2, -0.15) is 0 Å². The molecule has 3 aromatic carbocycles. The van der Waals surface area contributed by atoms with Crippen molar-refractivity contribution in [2.24, 2.45) is 0 Å². The molecule has 3 aliphatic rings. The highest BCUT2D eigenvalue weighted by molar-refractivity contribution is 6.06. The van der Waals surface area contributed by atoms with Gasteiger partial charge in [-0.3, -0.25) is 9.59 Å². The average molecular weight is 613 g/mol. The molecule has 0 aromatic heterocycles. The Kier molecular flexibility index (Phi) is 7.26. The first-order valence-electron chi connectivity index (χ1n) is 13.6. The van der Waals surface area contributed by atoms with Crippen molar-refractivity contribution in [1.29, 1.82) is 0 Å². The van der Waals surface area contributed by atoms with E-state index in [1.54, 1.807) is 0 Å². The third-order valence-corrected chi connectivity index (χ3v) is 8.05. The molecule has 1 unspecified atom stereocenters. The first-order chi connectivity index (χ1) is 20.8. The maximum atomic E-state index is 14.2.